The van der Waals surface area contributed by atoms with Crippen LogP contribution in [0.4, 0.5) is 23.5 Å². The van der Waals surface area contributed by atoms with Crippen LogP contribution in [0.15, 0.2) is 30.3 Å². The third-order valence-corrected chi connectivity index (χ3v) is 2.22. The number of para-hydroxylation sites is 1. The Bertz CT molecular complexity index is 499. The second-order valence-electron chi connectivity index (χ2n) is 3.76. The number of nitrogens with zero attached hydrogens (tertiary/aromatic N) is 3. The largest absolute Gasteiger partial charge is 0.368 e. The van der Waals surface area contributed by atoms with Crippen molar-refractivity contribution in [2.24, 2.45) is 0 Å². The second-order valence-corrected chi connectivity index (χ2v) is 3.76. The zero-order chi connectivity index (χ0) is 12.8. The lowest BCUT2D eigenvalue weighted by molar-refractivity contribution is 0.944. The van der Waals surface area contributed by atoms with Crippen LogP contribution in [0.5, 0.6) is 0 Å². The van der Waals surface area contributed by atoms with Gasteiger partial charge < -0.3 is 16.4 Å². The van der Waals surface area contributed by atoms with Crippen molar-refractivity contribution in [3.05, 3.63) is 30.3 Å². The van der Waals surface area contributed by atoms with Gasteiger partial charge in [0.2, 0.25) is 17.8 Å². The fourth-order valence-corrected chi connectivity index (χ4v) is 1.41. The van der Waals surface area contributed by atoms with Crippen molar-refractivity contribution in [3.8, 4) is 0 Å². The van der Waals surface area contributed by atoms with E-state index in [-0.39, 0.29) is 5.95 Å². The topological polar surface area (TPSA) is 88.8 Å². The minimum atomic E-state index is 0.196. The van der Waals surface area contributed by atoms with E-state index in [1.54, 1.807) is 0 Å². The number of nitrogens with one attached hydrogen (secondary N) is 2. The Morgan fingerprint density at radius 1 is 1.06 bits per heavy atom. The number of hydrogen-bond acceptors (Lipinski definition) is 6. The lowest BCUT2D eigenvalue weighted by Gasteiger charge is -2.07. The molecule has 1 aromatic heterocycles. The quantitative estimate of drug-likeness (QED) is 0.745. The summed E-state index contributed by atoms with van der Waals surface area (Å²) in [4.78, 5) is 12.3. The third kappa shape index (κ3) is 3.31. The molecule has 94 valence electrons. The van der Waals surface area contributed by atoms with Gasteiger partial charge in [-0.2, -0.15) is 15.0 Å². The average molecular weight is 244 g/mol. The van der Waals surface area contributed by atoms with E-state index in [9.17, 15) is 0 Å². The Labute approximate surface area is 106 Å². The van der Waals surface area contributed by atoms with Crippen molar-refractivity contribution >= 4 is 23.5 Å². The number of rotatable bonds is 5. The molecule has 0 unspecified atom stereocenters. The molecule has 18 heavy (non-hydrogen) atoms. The van der Waals surface area contributed by atoms with E-state index < -0.39 is 0 Å². The monoisotopic (exact) mass is 244 g/mol. The van der Waals surface area contributed by atoms with Crippen LogP contribution in [0.25, 0.3) is 0 Å². The number of aromatic nitrogens is 3. The summed E-state index contributed by atoms with van der Waals surface area (Å²) in [6, 6.07) is 9.67. The zero-order valence-corrected chi connectivity index (χ0v) is 10.2. The minimum Gasteiger partial charge on any atom is -0.368 e. The predicted molar refractivity (Wildman–Crippen MR) is 72.7 cm³/mol. The molecule has 0 fully saturated rings. The van der Waals surface area contributed by atoms with Gasteiger partial charge in [-0.15, -0.1) is 0 Å². The molecule has 0 aliphatic heterocycles. The van der Waals surface area contributed by atoms with E-state index in [2.05, 4.69) is 32.5 Å². The Balaban J connectivity index is 2.15. The third-order valence-electron chi connectivity index (χ3n) is 2.22. The van der Waals surface area contributed by atoms with Gasteiger partial charge in [-0.25, -0.2) is 0 Å². The summed E-state index contributed by atoms with van der Waals surface area (Å²) < 4.78 is 0. The highest BCUT2D eigenvalue weighted by atomic mass is 15.2. The molecule has 0 amide bonds. The number of anilines is 4. The SMILES string of the molecule is CCCNc1nc(N)nc(Nc2ccccc2)n1. The molecule has 2 aromatic rings. The summed E-state index contributed by atoms with van der Waals surface area (Å²) in [7, 11) is 0. The van der Waals surface area contributed by atoms with Crippen molar-refractivity contribution in [1.82, 2.24) is 15.0 Å². The van der Waals surface area contributed by atoms with Gasteiger partial charge in [0.1, 0.15) is 0 Å². The Kier molecular flexibility index (Phi) is 3.90. The van der Waals surface area contributed by atoms with Gasteiger partial charge in [0, 0.05) is 12.2 Å². The highest BCUT2D eigenvalue weighted by Gasteiger charge is 2.03. The molecule has 0 spiro atoms. The summed E-state index contributed by atoms with van der Waals surface area (Å²) in [5.41, 5.74) is 6.55. The first-order valence-electron chi connectivity index (χ1n) is 5.85. The molecular formula is C12H16N6. The molecule has 0 saturated heterocycles. The van der Waals surface area contributed by atoms with Crippen LogP contribution < -0.4 is 16.4 Å². The average Bonchev–Trinajstić information content (AvgIpc) is 2.37. The minimum absolute atomic E-state index is 0.196. The number of nitrogens with two attached hydrogens (primary N) is 1. The fourth-order valence-electron chi connectivity index (χ4n) is 1.41. The van der Waals surface area contributed by atoms with Crippen LogP contribution in [-0.4, -0.2) is 21.5 Å². The molecule has 6 heteroatoms. The predicted octanol–water partition coefficient (Wildman–Crippen LogP) is 2.02. The van der Waals surface area contributed by atoms with Crippen molar-refractivity contribution in [1.29, 1.82) is 0 Å². The van der Waals surface area contributed by atoms with Gasteiger partial charge in [-0.1, -0.05) is 25.1 Å². The van der Waals surface area contributed by atoms with Gasteiger partial charge in [0.05, 0.1) is 0 Å². The highest BCUT2D eigenvalue weighted by molar-refractivity contribution is 5.54. The van der Waals surface area contributed by atoms with Crippen LogP contribution in [0.2, 0.25) is 0 Å². The lowest BCUT2D eigenvalue weighted by atomic mass is 10.3. The maximum atomic E-state index is 5.64. The first-order valence-corrected chi connectivity index (χ1v) is 5.85. The van der Waals surface area contributed by atoms with E-state index in [0.717, 1.165) is 18.7 Å². The van der Waals surface area contributed by atoms with Crippen LogP contribution in [-0.2, 0) is 0 Å². The van der Waals surface area contributed by atoms with Gasteiger partial charge in [-0.3, -0.25) is 0 Å². The van der Waals surface area contributed by atoms with Crippen molar-refractivity contribution in [2.45, 2.75) is 13.3 Å². The summed E-state index contributed by atoms with van der Waals surface area (Å²) >= 11 is 0. The van der Waals surface area contributed by atoms with Crippen LogP contribution >= 0.6 is 0 Å². The van der Waals surface area contributed by atoms with Gasteiger partial charge in [-0.05, 0) is 18.6 Å². The molecule has 6 nitrogen and oxygen atoms in total. The van der Waals surface area contributed by atoms with Gasteiger partial charge >= 0.3 is 0 Å². The normalized spacial score (nSPS) is 10.1. The van der Waals surface area contributed by atoms with E-state index in [1.807, 2.05) is 30.3 Å². The summed E-state index contributed by atoms with van der Waals surface area (Å²) in [5.74, 6) is 1.12. The van der Waals surface area contributed by atoms with Crippen LogP contribution in [0, 0.1) is 0 Å². The molecule has 2 rings (SSSR count). The van der Waals surface area contributed by atoms with E-state index in [1.165, 1.54) is 0 Å². The van der Waals surface area contributed by atoms with Crippen molar-refractivity contribution in [2.75, 3.05) is 22.9 Å². The van der Waals surface area contributed by atoms with E-state index in [0.29, 0.717) is 11.9 Å². The molecule has 0 radical (unpaired) electrons. The molecule has 0 atom stereocenters. The molecule has 1 heterocycles. The zero-order valence-electron chi connectivity index (χ0n) is 10.2. The maximum Gasteiger partial charge on any atom is 0.233 e. The van der Waals surface area contributed by atoms with Gasteiger partial charge in [0.15, 0.2) is 0 Å². The Morgan fingerprint density at radius 2 is 1.78 bits per heavy atom. The molecule has 0 saturated carbocycles. The maximum absolute atomic E-state index is 5.64. The number of benzene rings is 1. The van der Waals surface area contributed by atoms with Crippen molar-refractivity contribution < 1.29 is 0 Å². The number of nitrogen functional groups attached to an aromatic ring is 1. The second kappa shape index (κ2) is 5.81. The molecule has 4 N–H and O–H groups in total. The summed E-state index contributed by atoms with van der Waals surface area (Å²) in [6.07, 6.45) is 0.993. The van der Waals surface area contributed by atoms with Crippen LogP contribution in [0.3, 0.4) is 0 Å². The highest BCUT2D eigenvalue weighted by Crippen LogP contribution is 2.13. The first-order chi connectivity index (χ1) is 8.78. The molecule has 0 aliphatic rings. The Hall–Kier alpha value is -2.37. The summed E-state index contributed by atoms with van der Waals surface area (Å²) in [5, 5.41) is 6.16. The first kappa shape index (κ1) is 12.1. The lowest BCUT2D eigenvalue weighted by Crippen LogP contribution is -2.09. The molecule has 1 aromatic carbocycles. The van der Waals surface area contributed by atoms with E-state index >= 15 is 0 Å². The van der Waals surface area contributed by atoms with Crippen molar-refractivity contribution in [3.63, 3.8) is 0 Å². The Morgan fingerprint density at radius 3 is 2.50 bits per heavy atom. The molecular weight excluding hydrogens is 228 g/mol. The smallest absolute Gasteiger partial charge is 0.233 e. The van der Waals surface area contributed by atoms with Gasteiger partial charge in [0.25, 0.3) is 0 Å². The van der Waals surface area contributed by atoms with E-state index in [4.69, 9.17) is 5.73 Å². The fraction of sp³-hybridized carbons (Fsp3) is 0.250. The standard InChI is InChI=1S/C12H16N6/c1-2-8-14-11-16-10(13)17-12(18-11)15-9-6-4-3-5-7-9/h3-7H,2,8H2,1H3,(H4,13,14,15,16,17,18). The summed E-state index contributed by atoms with van der Waals surface area (Å²) in [6.45, 7) is 2.87. The molecule has 0 aliphatic carbocycles. The molecule has 0 bridgehead atoms. The van der Waals surface area contributed by atoms with Crippen LogP contribution in [0.1, 0.15) is 13.3 Å². The number of hydrogen-bond donors (Lipinski definition) is 3.